The first-order valence-electron chi connectivity index (χ1n) is 4.08. The molecule has 0 spiro atoms. The standard InChI is InChI=1S/C6H20N6/c1-3-4-6(12(9)10)5(2)11(7)8/h5-6H,3-4,7-10H2,1-2H3. The van der Waals surface area contributed by atoms with Crippen LogP contribution in [0, 0.1) is 0 Å². The Morgan fingerprint density at radius 3 is 1.83 bits per heavy atom. The van der Waals surface area contributed by atoms with Gasteiger partial charge in [0, 0.05) is 0 Å². The summed E-state index contributed by atoms with van der Waals surface area (Å²) < 4.78 is 0. The maximum Gasteiger partial charge on any atom is 0.0576 e. The third-order valence-electron chi connectivity index (χ3n) is 1.99. The van der Waals surface area contributed by atoms with Crippen LogP contribution in [0.3, 0.4) is 0 Å². The van der Waals surface area contributed by atoms with Crippen molar-refractivity contribution in [1.29, 1.82) is 0 Å². The lowest BCUT2D eigenvalue weighted by molar-refractivity contribution is 0.0801. The lowest BCUT2D eigenvalue weighted by Crippen LogP contribution is -2.59. The normalized spacial score (nSPS) is 17.0. The van der Waals surface area contributed by atoms with Gasteiger partial charge in [-0.05, 0) is 13.3 Å². The molecule has 0 amide bonds. The fourth-order valence-electron chi connectivity index (χ4n) is 1.13. The highest BCUT2D eigenvalue weighted by molar-refractivity contribution is 4.74. The summed E-state index contributed by atoms with van der Waals surface area (Å²) in [7, 11) is 0. The van der Waals surface area contributed by atoms with Gasteiger partial charge >= 0.3 is 0 Å². The highest BCUT2D eigenvalue weighted by Crippen LogP contribution is 2.07. The zero-order chi connectivity index (χ0) is 9.72. The van der Waals surface area contributed by atoms with Crippen LogP contribution in [0.2, 0.25) is 0 Å². The highest BCUT2D eigenvalue weighted by Gasteiger charge is 2.22. The molecule has 0 saturated heterocycles. The Kier molecular flexibility index (Phi) is 5.31. The summed E-state index contributed by atoms with van der Waals surface area (Å²) in [4.78, 5) is 0. The second-order valence-corrected chi connectivity index (χ2v) is 2.99. The van der Waals surface area contributed by atoms with Crippen molar-refractivity contribution >= 4 is 0 Å². The van der Waals surface area contributed by atoms with Crippen molar-refractivity contribution in [2.24, 2.45) is 23.4 Å². The van der Waals surface area contributed by atoms with Gasteiger partial charge in [0.15, 0.2) is 0 Å². The maximum absolute atomic E-state index is 5.43. The van der Waals surface area contributed by atoms with Crippen LogP contribution in [-0.4, -0.2) is 22.3 Å². The molecule has 0 aromatic carbocycles. The quantitative estimate of drug-likeness (QED) is 0.304. The van der Waals surface area contributed by atoms with Crippen molar-refractivity contribution in [3.8, 4) is 0 Å². The minimum Gasteiger partial charge on any atom is -0.255 e. The second-order valence-electron chi connectivity index (χ2n) is 2.99. The zero-order valence-electron chi connectivity index (χ0n) is 7.77. The summed E-state index contributed by atoms with van der Waals surface area (Å²) in [6.45, 7) is 3.94. The third-order valence-corrected chi connectivity index (χ3v) is 1.99. The van der Waals surface area contributed by atoms with Crippen molar-refractivity contribution < 1.29 is 0 Å². The Hall–Kier alpha value is -0.240. The Labute approximate surface area is 73.3 Å². The van der Waals surface area contributed by atoms with Gasteiger partial charge in [0.05, 0.1) is 12.1 Å². The molecular formula is C6H20N6. The van der Waals surface area contributed by atoms with E-state index in [-0.39, 0.29) is 12.1 Å². The topological polar surface area (TPSA) is 111 Å². The monoisotopic (exact) mass is 176 g/mol. The van der Waals surface area contributed by atoms with Gasteiger partial charge in [-0.25, -0.2) is 0 Å². The second kappa shape index (κ2) is 5.41. The molecule has 74 valence electrons. The van der Waals surface area contributed by atoms with Crippen LogP contribution < -0.4 is 23.4 Å². The van der Waals surface area contributed by atoms with Crippen molar-refractivity contribution in [2.45, 2.75) is 38.8 Å². The van der Waals surface area contributed by atoms with Gasteiger partial charge in [-0.2, -0.15) is 10.2 Å². The molecule has 0 aromatic rings. The summed E-state index contributed by atoms with van der Waals surface area (Å²) in [6.07, 6.45) is 1.87. The molecule has 8 N–H and O–H groups in total. The Bertz CT molecular complexity index is 115. The number of hydrogen-bond donors (Lipinski definition) is 4. The predicted octanol–water partition coefficient (Wildman–Crippen LogP) is -1.36. The van der Waals surface area contributed by atoms with Crippen LogP contribution in [-0.2, 0) is 0 Å². The Balaban J connectivity index is 4.09. The molecule has 0 bridgehead atoms. The van der Waals surface area contributed by atoms with Crippen LogP contribution in [0.4, 0.5) is 0 Å². The smallest absolute Gasteiger partial charge is 0.0576 e. The number of rotatable bonds is 5. The van der Waals surface area contributed by atoms with E-state index >= 15 is 0 Å². The van der Waals surface area contributed by atoms with Gasteiger partial charge in [-0.15, -0.1) is 0 Å². The van der Waals surface area contributed by atoms with Crippen molar-refractivity contribution in [3.05, 3.63) is 0 Å². The molecule has 12 heavy (non-hydrogen) atoms. The van der Waals surface area contributed by atoms with Crippen LogP contribution in [0.15, 0.2) is 0 Å². The number of nitrogens with two attached hydrogens (primary N) is 4. The predicted molar refractivity (Wildman–Crippen MR) is 48.6 cm³/mol. The van der Waals surface area contributed by atoms with Gasteiger partial charge in [-0.1, -0.05) is 13.3 Å². The Morgan fingerprint density at radius 2 is 1.58 bits per heavy atom. The minimum atomic E-state index is -0.0556. The van der Waals surface area contributed by atoms with Crippen molar-refractivity contribution in [3.63, 3.8) is 0 Å². The Morgan fingerprint density at radius 1 is 1.08 bits per heavy atom. The summed E-state index contributed by atoms with van der Waals surface area (Å²) in [6, 6.07) is -0.0649. The molecular weight excluding hydrogens is 156 g/mol. The van der Waals surface area contributed by atoms with E-state index in [1.807, 2.05) is 6.92 Å². The molecule has 0 aromatic heterocycles. The SMILES string of the molecule is CCCC(C(C)N(N)N)N(N)N. The molecule has 2 unspecified atom stereocenters. The lowest BCUT2D eigenvalue weighted by atomic mass is 10.1. The zero-order valence-corrected chi connectivity index (χ0v) is 7.77. The first-order valence-corrected chi connectivity index (χ1v) is 4.08. The van der Waals surface area contributed by atoms with E-state index in [9.17, 15) is 0 Å². The number of hydrazine groups is 4. The van der Waals surface area contributed by atoms with Crippen LogP contribution >= 0.6 is 0 Å². The molecule has 6 heteroatoms. The van der Waals surface area contributed by atoms with Crippen LogP contribution in [0.25, 0.3) is 0 Å². The molecule has 0 fully saturated rings. The minimum absolute atomic E-state index is 0.00926. The fourth-order valence-corrected chi connectivity index (χ4v) is 1.13. The van der Waals surface area contributed by atoms with E-state index < -0.39 is 0 Å². The van der Waals surface area contributed by atoms with E-state index in [0.29, 0.717) is 0 Å². The summed E-state index contributed by atoms with van der Waals surface area (Å²) >= 11 is 0. The van der Waals surface area contributed by atoms with E-state index in [2.05, 4.69) is 6.92 Å². The van der Waals surface area contributed by atoms with Gasteiger partial charge in [0.2, 0.25) is 0 Å². The van der Waals surface area contributed by atoms with Gasteiger partial charge in [0.25, 0.3) is 0 Å². The molecule has 0 aliphatic rings. The fraction of sp³-hybridized carbons (Fsp3) is 1.00. The highest BCUT2D eigenvalue weighted by atomic mass is 15.7. The summed E-state index contributed by atoms with van der Waals surface area (Å²) in [5.41, 5.74) is 0. The summed E-state index contributed by atoms with van der Waals surface area (Å²) in [5.74, 6) is 21.6. The van der Waals surface area contributed by atoms with E-state index in [0.717, 1.165) is 18.0 Å². The lowest BCUT2D eigenvalue weighted by Gasteiger charge is -2.31. The third kappa shape index (κ3) is 3.44. The van der Waals surface area contributed by atoms with Crippen LogP contribution in [0.5, 0.6) is 0 Å². The molecule has 0 heterocycles. The molecule has 0 aliphatic carbocycles. The van der Waals surface area contributed by atoms with Crippen molar-refractivity contribution in [2.75, 3.05) is 0 Å². The van der Waals surface area contributed by atoms with Crippen molar-refractivity contribution in [1.82, 2.24) is 10.2 Å². The maximum atomic E-state index is 5.43. The van der Waals surface area contributed by atoms with E-state index in [4.69, 9.17) is 23.4 Å². The number of hydrogen-bond acceptors (Lipinski definition) is 6. The molecule has 0 aliphatic heterocycles. The van der Waals surface area contributed by atoms with Crippen LogP contribution in [0.1, 0.15) is 26.7 Å². The molecule has 2 atom stereocenters. The van der Waals surface area contributed by atoms with Gasteiger partial charge in [0.1, 0.15) is 0 Å². The molecule has 6 nitrogen and oxygen atoms in total. The summed E-state index contributed by atoms with van der Waals surface area (Å²) in [5, 5.41) is 2.30. The average molecular weight is 176 g/mol. The van der Waals surface area contributed by atoms with E-state index in [1.165, 1.54) is 5.12 Å². The molecule has 0 saturated carbocycles. The average Bonchev–Trinajstić information content (AvgIpc) is 1.98. The largest absolute Gasteiger partial charge is 0.255 e. The first-order chi connectivity index (χ1) is 5.50. The molecule has 0 rings (SSSR count). The molecule has 0 radical (unpaired) electrons. The number of nitrogens with zero attached hydrogens (tertiary/aromatic N) is 2. The van der Waals surface area contributed by atoms with Gasteiger partial charge < -0.3 is 0 Å². The van der Waals surface area contributed by atoms with E-state index in [1.54, 1.807) is 0 Å². The van der Waals surface area contributed by atoms with Gasteiger partial charge in [-0.3, -0.25) is 23.4 Å². The first kappa shape index (κ1) is 11.8.